The van der Waals surface area contributed by atoms with Gasteiger partial charge in [-0.15, -0.1) is 0 Å². The fourth-order valence-corrected chi connectivity index (χ4v) is 2.67. The van der Waals surface area contributed by atoms with E-state index in [-0.39, 0.29) is 23.0 Å². The lowest BCUT2D eigenvalue weighted by atomic mass is 10.1. The maximum absolute atomic E-state index is 12.6. The second-order valence-electron chi connectivity index (χ2n) is 6.43. The SMILES string of the molecule is COc1ccc(Oc2ccc([N+](=O)[O-])cc2C(=O)NCC(N)C2CC2)cc1. The number of methoxy groups -OCH3 is 1. The standard InChI is InChI=1S/C19H21N3O5/c1-26-14-5-7-15(8-6-14)27-18-9-4-13(22(24)25)10-16(18)19(23)21-11-17(20)12-2-3-12/h4-10,12,17H,2-3,11,20H2,1H3,(H,21,23). The van der Waals surface area contributed by atoms with Gasteiger partial charge < -0.3 is 20.5 Å². The van der Waals surface area contributed by atoms with Crippen LogP contribution in [0.1, 0.15) is 23.2 Å². The van der Waals surface area contributed by atoms with Gasteiger partial charge in [0.1, 0.15) is 17.2 Å². The Hall–Kier alpha value is -3.13. The van der Waals surface area contributed by atoms with Gasteiger partial charge in [0.15, 0.2) is 0 Å². The average molecular weight is 371 g/mol. The molecule has 2 aromatic carbocycles. The molecule has 1 atom stereocenters. The lowest BCUT2D eigenvalue weighted by molar-refractivity contribution is -0.384. The maximum Gasteiger partial charge on any atom is 0.270 e. The summed E-state index contributed by atoms with van der Waals surface area (Å²) in [4.78, 5) is 23.1. The van der Waals surface area contributed by atoms with Crippen molar-refractivity contribution in [3.05, 3.63) is 58.1 Å². The third-order valence-electron chi connectivity index (χ3n) is 4.43. The number of nitro benzene ring substituents is 1. The van der Waals surface area contributed by atoms with E-state index in [0.29, 0.717) is 24.0 Å². The summed E-state index contributed by atoms with van der Waals surface area (Å²) in [5, 5.41) is 13.8. The molecule has 0 saturated heterocycles. The quantitative estimate of drug-likeness (QED) is 0.544. The summed E-state index contributed by atoms with van der Waals surface area (Å²) in [5.41, 5.74) is 5.91. The van der Waals surface area contributed by atoms with Gasteiger partial charge in [0, 0.05) is 24.7 Å². The Bertz CT molecular complexity index is 834. The molecule has 1 aliphatic carbocycles. The van der Waals surface area contributed by atoms with Crippen LogP contribution in [0.5, 0.6) is 17.2 Å². The van der Waals surface area contributed by atoms with Gasteiger partial charge in [0.2, 0.25) is 0 Å². The molecule has 1 fully saturated rings. The molecule has 3 N–H and O–H groups in total. The highest BCUT2D eigenvalue weighted by atomic mass is 16.6. The molecule has 0 spiro atoms. The lowest BCUT2D eigenvalue weighted by Crippen LogP contribution is -2.38. The van der Waals surface area contributed by atoms with Gasteiger partial charge in [-0.1, -0.05) is 0 Å². The van der Waals surface area contributed by atoms with E-state index in [1.165, 1.54) is 18.2 Å². The number of benzene rings is 2. The summed E-state index contributed by atoms with van der Waals surface area (Å²) in [6.45, 7) is 0.314. The van der Waals surface area contributed by atoms with Gasteiger partial charge in [0.05, 0.1) is 17.6 Å². The van der Waals surface area contributed by atoms with Crippen LogP contribution in [0.4, 0.5) is 5.69 Å². The van der Waals surface area contributed by atoms with Crippen LogP contribution in [-0.4, -0.2) is 30.5 Å². The fourth-order valence-electron chi connectivity index (χ4n) is 2.67. The molecule has 8 nitrogen and oxygen atoms in total. The molecular formula is C19H21N3O5. The first-order valence-corrected chi connectivity index (χ1v) is 8.62. The van der Waals surface area contributed by atoms with E-state index >= 15 is 0 Å². The maximum atomic E-state index is 12.6. The number of nitrogens with zero attached hydrogens (tertiary/aromatic N) is 1. The average Bonchev–Trinajstić information content (AvgIpc) is 3.52. The fraction of sp³-hybridized carbons (Fsp3) is 0.316. The first-order valence-electron chi connectivity index (χ1n) is 8.62. The summed E-state index contributed by atoms with van der Waals surface area (Å²) >= 11 is 0. The summed E-state index contributed by atoms with van der Waals surface area (Å²) in [7, 11) is 1.56. The molecule has 0 heterocycles. The molecule has 0 aliphatic heterocycles. The van der Waals surface area contributed by atoms with Gasteiger partial charge in [-0.3, -0.25) is 14.9 Å². The van der Waals surface area contributed by atoms with Crippen molar-refractivity contribution in [3.63, 3.8) is 0 Å². The molecule has 0 radical (unpaired) electrons. The summed E-state index contributed by atoms with van der Waals surface area (Å²) < 4.78 is 10.9. The van der Waals surface area contributed by atoms with Crippen LogP contribution in [0.2, 0.25) is 0 Å². The Morgan fingerprint density at radius 1 is 1.26 bits per heavy atom. The molecule has 1 aliphatic rings. The zero-order valence-electron chi connectivity index (χ0n) is 14.9. The van der Waals surface area contributed by atoms with E-state index in [9.17, 15) is 14.9 Å². The highest BCUT2D eigenvalue weighted by Crippen LogP contribution is 2.32. The zero-order chi connectivity index (χ0) is 19.4. The molecule has 142 valence electrons. The van der Waals surface area contributed by atoms with Crippen LogP contribution in [0.15, 0.2) is 42.5 Å². The van der Waals surface area contributed by atoms with E-state index in [0.717, 1.165) is 12.8 Å². The van der Waals surface area contributed by atoms with E-state index in [2.05, 4.69) is 5.32 Å². The van der Waals surface area contributed by atoms with E-state index < -0.39 is 10.8 Å². The topological polar surface area (TPSA) is 117 Å². The number of carbonyl (C=O) groups excluding carboxylic acids is 1. The molecule has 0 aromatic heterocycles. The summed E-state index contributed by atoms with van der Waals surface area (Å²) in [6.07, 6.45) is 2.14. The number of nitro groups is 1. The Morgan fingerprint density at radius 3 is 2.52 bits per heavy atom. The second-order valence-corrected chi connectivity index (χ2v) is 6.43. The van der Waals surface area contributed by atoms with Crippen LogP contribution >= 0.6 is 0 Å². The molecule has 2 aromatic rings. The van der Waals surface area contributed by atoms with Crippen molar-refractivity contribution < 1.29 is 19.2 Å². The Kier molecular flexibility index (Phi) is 5.56. The third-order valence-corrected chi connectivity index (χ3v) is 4.43. The first kappa shape index (κ1) is 18.7. The number of carbonyl (C=O) groups is 1. The first-order chi connectivity index (χ1) is 13.0. The van der Waals surface area contributed by atoms with Crippen LogP contribution in [-0.2, 0) is 0 Å². The molecule has 8 heteroatoms. The third kappa shape index (κ3) is 4.73. The van der Waals surface area contributed by atoms with Gasteiger partial charge in [-0.2, -0.15) is 0 Å². The minimum atomic E-state index is -0.552. The molecule has 0 bridgehead atoms. The number of non-ortho nitro benzene ring substituents is 1. The number of hydrogen-bond donors (Lipinski definition) is 2. The van der Waals surface area contributed by atoms with Gasteiger partial charge >= 0.3 is 0 Å². The van der Waals surface area contributed by atoms with Crippen molar-refractivity contribution in [1.82, 2.24) is 5.32 Å². The molecule has 3 rings (SSSR count). The highest BCUT2D eigenvalue weighted by Gasteiger charge is 2.29. The molecular weight excluding hydrogens is 350 g/mol. The number of amides is 1. The number of nitrogens with one attached hydrogen (secondary N) is 1. The van der Waals surface area contributed by atoms with E-state index in [1.807, 2.05) is 0 Å². The second kappa shape index (κ2) is 8.05. The van der Waals surface area contributed by atoms with Crippen molar-refractivity contribution >= 4 is 11.6 Å². The van der Waals surface area contributed by atoms with Gasteiger partial charge in [-0.25, -0.2) is 0 Å². The number of rotatable bonds is 8. The largest absolute Gasteiger partial charge is 0.497 e. The van der Waals surface area contributed by atoms with E-state index in [4.69, 9.17) is 15.2 Å². The van der Waals surface area contributed by atoms with Crippen LogP contribution in [0, 0.1) is 16.0 Å². The molecule has 1 unspecified atom stereocenters. The highest BCUT2D eigenvalue weighted by molar-refractivity contribution is 5.97. The summed E-state index contributed by atoms with van der Waals surface area (Å²) in [6, 6.07) is 10.6. The predicted octanol–water partition coefficient (Wildman–Crippen LogP) is 2.86. The molecule has 1 saturated carbocycles. The predicted molar refractivity (Wildman–Crippen MR) is 99.2 cm³/mol. The van der Waals surface area contributed by atoms with Crippen molar-refractivity contribution in [2.24, 2.45) is 11.7 Å². The summed E-state index contributed by atoms with van der Waals surface area (Å²) in [5.74, 6) is 1.35. The Balaban J connectivity index is 1.80. The smallest absolute Gasteiger partial charge is 0.270 e. The zero-order valence-corrected chi connectivity index (χ0v) is 14.9. The van der Waals surface area contributed by atoms with Crippen LogP contribution in [0.25, 0.3) is 0 Å². The van der Waals surface area contributed by atoms with Gasteiger partial charge in [0.25, 0.3) is 11.6 Å². The Labute approximate surface area is 156 Å². The number of ether oxygens (including phenoxy) is 2. The van der Waals surface area contributed by atoms with Crippen molar-refractivity contribution in [2.45, 2.75) is 18.9 Å². The normalized spacial score (nSPS) is 14.3. The monoisotopic (exact) mass is 371 g/mol. The lowest BCUT2D eigenvalue weighted by Gasteiger charge is -2.14. The van der Waals surface area contributed by atoms with Crippen molar-refractivity contribution in [1.29, 1.82) is 0 Å². The number of hydrogen-bond acceptors (Lipinski definition) is 6. The van der Waals surface area contributed by atoms with Gasteiger partial charge in [-0.05, 0) is 49.1 Å². The minimum Gasteiger partial charge on any atom is -0.497 e. The van der Waals surface area contributed by atoms with E-state index in [1.54, 1.807) is 31.4 Å². The number of nitrogens with two attached hydrogens (primary N) is 1. The molecule has 27 heavy (non-hydrogen) atoms. The minimum absolute atomic E-state index is 0.0861. The molecule has 1 amide bonds. The Morgan fingerprint density at radius 2 is 1.93 bits per heavy atom. The van der Waals surface area contributed by atoms with Crippen molar-refractivity contribution in [2.75, 3.05) is 13.7 Å². The van der Waals surface area contributed by atoms with Crippen molar-refractivity contribution in [3.8, 4) is 17.2 Å². The van der Waals surface area contributed by atoms with Crippen LogP contribution in [0.3, 0.4) is 0 Å². The van der Waals surface area contributed by atoms with Crippen LogP contribution < -0.4 is 20.5 Å².